The Kier molecular flexibility index (Phi) is 3.75. The Hall–Kier alpha value is -1.76. The van der Waals surface area contributed by atoms with Gasteiger partial charge in [-0.05, 0) is 18.4 Å². The van der Waals surface area contributed by atoms with Crippen LogP contribution in [0.3, 0.4) is 0 Å². The number of aromatic nitrogens is 1. The Morgan fingerprint density at radius 3 is 2.95 bits per heavy atom. The van der Waals surface area contributed by atoms with Gasteiger partial charge in [0.25, 0.3) is 0 Å². The second-order valence-corrected chi connectivity index (χ2v) is 5.88. The van der Waals surface area contributed by atoms with Gasteiger partial charge in [0.15, 0.2) is 0 Å². The van der Waals surface area contributed by atoms with Gasteiger partial charge in [0.05, 0.1) is 18.0 Å². The van der Waals surface area contributed by atoms with Gasteiger partial charge in [-0.25, -0.2) is 13.8 Å². The third-order valence-electron chi connectivity index (χ3n) is 3.60. The van der Waals surface area contributed by atoms with Crippen LogP contribution in [-0.2, 0) is 11.2 Å². The highest BCUT2D eigenvalue weighted by Gasteiger charge is 2.36. The van der Waals surface area contributed by atoms with E-state index in [1.807, 2.05) is 16.8 Å². The van der Waals surface area contributed by atoms with Crippen molar-refractivity contribution in [3.63, 3.8) is 0 Å². The van der Waals surface area contributed by atoms with Crippen LogP contribution in [0.15, 0.2) is 21.2 Å². The second kappa shape index (κ2) is 5.55. The van der Waals surface area contributed by atoms with Gasteiger partial charge in [-0.3, -0.25) is 4.79 Å². The van der Waals surface area contributed by atoms with Crippen LogP contribution in [0.5, 0.6) is 0 Å². The Morgan fingerprint density at radius 2 is 2.33 bits per heavy atom. The minimum atomic E-state index is -2.35. The number of hydrogen-bond donors (Lipinski definition) is 0. The molecule has 4 nitrogen and oxygen atoms in total. The molecule has 0 spiro atoms. The van der Waals surface area contributed by atoms with Crippen LogP contribution in [0.4, 0.5) is 8.78 Å². The molecule has 0 aliphatic carbocycles. The molecule has 112 valence electrons. The molecule has 2 aromatic rings. The van der Waals surface area contributed by atoms with Crippen molar-refractivity contribution in [3.05, 3.63) is 28.3 Å². The van der Waals surface area contributed by atoms with E-state index in [9.17, 15) is 13.6 Å². The number of alkyl halides is 2. The molecule has 2 aromatic heterocycles. The minimum absolute atomic E-state index is 0.0927. The molecule has 0 atom stereocenters. The summed E-state index contributed by atoms with van der Waals surface area (Å²) in [6, 6.07) is 1.89. The van der Waals surface area contributed by atoms with Crippen LogP contribution in [0.25, 0.3) is 11.5 Å². The molecule has 1 amide bonds. The van der Waals surface area contributed by atoms with Crippen LogP contribution in [0, 0.1) is 12.8 Å². The number of rotatable bonds is 4. The Morgan fingerprint density at radius 1 is 1.57 bits per heavy atom. The van der Waals surface area contributed by atoms with Gasteiger partial charge in [-0.15, -0.1) is 0 Å². The summed E-state index contributed by atoms with van der Waals surface area (Å²) in [7, 11) is 0. The number of amides is 1. The first kappa shape index (κ1) is 14.2. The summed E-state index contributed by atoms with van der Waals surface area (Å²) >= 11 is 1.54. The SMILES string of the molecule is Cc1oc(-c2ccsc2)nc1CC(=O)N1CC(C(F)F)C1. The average Bonchev–Trinajstić information content (AvgIpc) is 2.97. The van der Waals surface area contributed by atoms with Gasteiger partial charge in [-0.1, -0.05) is 0 Å². The molecular formula is C14H14F2N2O2S. The van der Waals surface area contributed by atoms with Gasteiger partial charge >= 0.3 is 0 Å². The van der Waals surface area contributed by atoms with Crippen molar-refractivity contribution in [1.82, 2.24) is 9.88 Å². The molecule has 1 aliphatic rings. The number of aryl methyl sites for hydroxylation is 1. The van der Waals surface area contributed by atoms with Crippen LogP contribution in [0.2, 0.25) is 0 Å². The normalized spacial score (nSPS) is 15.5. The molecule has 0 bridgehead atoms. The maximum absolute atomic E-state index is 12.4. The molecule has 3 heterocycles. The van der Waals surface area contributed by atoms with Crippen LogP contribution in [0.1, 0.15) is 11.5 Å². The van der Waals surface area contributed by atoms with Crippen molar-refractivity contribution < 1.29 is 18.0 Å². The Bertz CT molecular complexity index is 633. The van der Waals surface area contributed by atoms with E-state index in [-0.39, 0.29) is 25.4 Å². The van der Waals surface area contributed by atoms with Gasteiger partial charge in [0, 0.05) is 24.0 Å². The predicted octanol–water partition coefficient (Wildman–Crippen LogP) is 2.98. The van der Waals surface area contributed by atoms with Gasteiger partial charge in [0.1, 0.15) is 5.76 Å². The van der Waals surface area contributed by atoms with Crippen molar-refractivity contribution in [2.75, 3.05) is 13.1 Å². The lowest BCUT2D eigenvalue weighted by Gasteiger charge is -2.38. The van der Waals surface area contributed by atoms with Crippen molar-refractivity contribution in [1.29, 1.82) is 0 Å². The van der Waals surface area contributed by atoms with Gasteiger partial charge in [0.2, 0.25) is 18.2 Å². The van der Waals surface area contributed by atoms with Gasteiger partial charge < -0.3 is 9.32 Å². The number of nitrogens with zero attached hydrogens (tertiary/aromatic N) is 2. The lowest BCUT2D eigenvalue weighted by Crippen LogP contribution is -2.53. The molecule has 3 rings (SSSR count). The molecule has 0 unspecified atom stereocenters. The largest absolute Gasteiger partial charge is 0.441 e. The Labute approximate surface area is 124 Å². The third-order valence-corrected chi connectivity index (χ3v) is 4.28. The fourth-order valence-electron chi connectivity index (χ4n) is 2.23. The van der Waals surface area contributed by atoms with Crippen molar-refractivity contribution in [2.24, 2.45) is 5.92 Å². The lowest BCUT2D eigenvalue weighted by molar-refractivity contribution is -0.141. The predicted molar refractivity (Wildman–Crippen MR) is 74.3 cm³/mol. The molecular weight excluding hydrogens is 298 g/mol. The van der Waals surface area contributed by atoms with E-state index < -0.39 is 12.3 Å². The lowest BCUT2D eigenvalue weighted by atomic mass is 10.00. The fourth-order valence-corrected chi connectivity index (χ4v) is 2.86. The first-order chi connectivity index (χ1) is 10.0. The molecule has 1 aliphatic heterocycles. The third kappa shape index (κ3) is 2.83. The van der Waals surface area contributed by atoms with E-state index in [0.717, 1.165) is 5.56 Å². The molecule has 0 aromatic carbocycles. The molecule has 1 fully saturated rings. The number of thiophene rings is 1. The van der Waals surface area contributed by atoms with Gasteiger partial charge in [-0.2, -0.15) is 11.3 Å². The van der Waals surface area contributed by atoms with E-state index in [2.05, 4.69) is 4.98 Å². The average molecular weight is 312 g/mol. The zero-order valence-electron chi connectivity index (χ0n) is 11.4. The molecule has 7 heteroatoms. The monoisotopic (exact) mass is 312 g/mol. The fraction of sp³-hybridized carbons (Fsp3) is 0.429. The summed E-state index contributed by atoms with van der Waals surface area (Å²) < 4.78 is 30.4. The summed E-state index contributed by atoms with van der Waals surface area (Å²) in [6.45, 7) is 2.01. The molecule has 0 radical (unpaired) electrons. The summed E-state index contributed by atoms with van der Waals surface area (Å²) in [5, 5.41) is 3.84. The second-order valence-electron chi connectivity index (χ2n) is 5.10. The van der Waals surface area contributed by atoms with Crippen molar-refractivity contribution >= 4 is 17.2 Å². The van der Waals surface area contributed by atoms with Crippen LogP contribution in [-0.4, -0.2) is 35.3 Å². The summed E-state index contributed by atoms with van der Waals surface area (Å²) in [5.41, 5.74) is 1.45. The van der Waals surface area contributed by atoms with E-state index in [1.54, 1.807) is 6.92 Å². The molecule has 21 heavy (non-hydrogen) atoms. The minimum Gasteiger partial charge on any atom is -0.441 e. The zero-order chi connectivity index (χ0) is 15.0. The highest BCUT2D eigenvalue weighted by molar-refractivity contribution is 7.08. The first-order valence-electron chi connectivity index (χ1n) is 6.59. The summed E-state index contributed by atoms with van der Waals surface area (Å²) in [6.07, 6.45) is -2.26. The van der Waals surface area contributed by atoms with Crippen molar-refractivity contribution in [2.45, 2.75) is 19.8 Å². The van der Waals surface area contributed by atoms with Crippen LogP contribution >= 0.6 is 11.3 Å². The number of hydrogen-bond acceptors (Lipinski definition) is 4. The van der Waals surface area contributed by atoms with E-state index >= 15 is 0 Å². The standard InChI is InChI=1S/C14H14F2N2O2S/c1-8-11(17-14(20-8)9-2-3-21-7-9)4-12(19)18-5-10(6-18)13(15)16/h2-3,7,10,13H,4-6H2,1H3. The molecule has 0 saturated carbocycles. The summed E-state index contributed by atoms with van der Waals surface area (Å²) in [4.78, 5) is 17.8. The molecule has 0 N–H and O–H groups in total. The van der Waals surface area contributed by atoms with Crippen molar-refractivity contribution in [3.8, 4) is 11.5 Å². The maximum atomic E-state index is 12.4. The smallest absolute Gasteiger partial charge is 0.244 e. The van der Waals surface area contributed by atoms with Crippen LogP contribution < -0.4 is 0 Å². The number of halogens is 2. The Balaban J connectivity index is 1.65. The zero-order valence-corrected chi connectivity index (χ0v) is 12.2. The maximum Gasteiger partial charge on any atom is 0.244 e. The quantitative estimate of drug-likeness (QED) is 0.872. The first-order valence-corrected chi connectivity index (χ1v) is 7.53. The number of carbonyl (C=O) groups is 1. The van der Waals surface area contributed by atoms with E-state index in [0.29, 0.717) is 17.3 Å². The highest BCUT2D eigenvalue weighted by atomic mass is 32.1. The molecule has 1 saturated heterocycles. The number of likely N-dealkylation sites (tertiary alicyclic amines) is 1. The number of carbonyl (C=O) groups excluding carboxylic acids is 1. The topological polar surface area (TPSA) is 46.3 Å². The highest BCUT2D eigenvalue weighted by Crippen LogP contribution is 2.26. The van der Waals surface area contributed by atoms with E-state index in [1.165, 1.54) is 16.2 Å². The number of oxazole rings is 1. The van der Waals surface area contributed by atoms with E-state index in [4.69, 9.17) is 4.42 Å². The summed E-state index contributed by atoms with van der Waals surface area (Å²) in [5.74, 6) is 0.218.